The van der Waals surface area contributed by atoms with Gasteiger partial charge >= 0.3 is 0 Å². The van der Waals surface area contributed by atoms with Gasteiger partial charge < -0.3 is 14.6 Å². The number of imidazole rings is 1. The van der Waals surface area contributed by atoms with Crippen molar-refractivity contribution in [1.82, 2.24) is 14.5 Å². The molecule has 0 saturated carbocycles. The van der Waals surface area contributed by atoms with Gasteiger partial charge in [0.25, 0.3) is 0 Å². The lowest BCUT2D eigenvalue weighted by Gasteiger charge is -2.26. The lowest BCUT2D eigenvalue weighted by Crippen LogP contribution is -2.35. The van der Waals surface area contributed by atoms with Gasteiger partial charge in [0, 0.05) is 50.8 Å². The standard InChI is InChI=1S/C17H24N4O/c1(8-21-9-7-18-15-21)6-19-17-4-2-16(3-5-17)14-20-10-12-22-13-11-20/h2-5,7,9,15,19H,1,6,8,10-14H2. The summed E-state index contributed by atoms with van der Waals surface area (Å²) in [5.74, 6) is 0. The number of anilines is 1. The molecule has 0 amide bonds. The number of rotatable bonds is 7. The highest BCUT2D eigenvalue weighted by atomic mass is 16.5. The summed E-state index contributed by atoms with van der Waals surface area (Å²) in [4.78, 5) is 6.49. The molecule has 1 aliphatic heterocycles. The molecule has 1 aromatic carbocycles. The molecule has 1 aromatic heterocycles. The third kappa shape index (κ3) is 4.58. The van der Waals surface area contributed by atoms with E-state index in [4.69, 9.17) is 4.74 Å². The number of aryl methyl sites for hydroxylation is 1. The highest BCUT2D eigenvalue weighted by Crippen LogP contribution is 2.12. The van der Waals surface area contributed by atoms with E-state index in [-0.39, 0.29) is 0 Å². The number of aromatic nitrogens is 2. The van der Waals surface area contributed by atoms with Gasteiger partial charge in [-0.2, -0.15) is 0 Å². The molecule has 22 heavy (non-hydrogen) atoms. The van der Waals surface area contributed by atoms with E-state index in [0.29, 0.717) is 0 Å². The summed E-state index contributed by atoms with van der Waals surface area (Å²) in [6, 6.07) is 8.78. The molecule has 2 aromatic rings. The van der Waals surface area contributed by atoms with Crippen LogP contribution in [0.25, 0.3) is 0 Å². The van der Waals surface area contributed by atoms with Gasteiger partial charge in [-0.05, 0) is 24.1 Å². The van der Waals surface area contributed by atoms with E-state index >= 15 is 0 Å². The summed E-state index contributed by atoms with van der Waals surface area (Å²) in [6.45, 7) is 6.78. The van der Waals surface area contributed by atoms with Crippen molar-refractivity contribution in [3.63, 3.8) is 0 Å². The maximum Gasteiger partial charge on any atom is 0.0945 e. The maximum absolute atomic E-state index is 5.38. The van der Waals surface area contributed by atoms with Crippen molar-refractivity contribution >= 4 is 5.69 Å². The Balaban J connectivity index is 1.39. The second kappa shape index (κ2) is 7.96. The minimum atomic E-state index is 0.858. The van der Waals surface area contributed by atoms with Crippen LogP contribution in [0.5, 0.6) is 0 Å². The average Bonchev–Trinajstić information content (AvgIpc) is 3.07. The van der Waals surface area contributed by atoms with E-state index in [0.717, 1.165) is 52.4 Å². The Hall–Kier alpha value is -1.85. The van der Waals surface area contributed by atoms with Crippen LogP contribution < -0.4 is 5.32 Å². The van der Waals surface area contributed by atoms with Gasteiger partial charge in [0.05, 0.1) is 19.5 Å². The first-order chi connectivity index (χ1) is 10.9. The monoisotopic (exact) mass is 300 g/mol. The van der Waals surface area contributed by atoms with Crippen molar-refractivity contribution in [3.8, 4) is 0 Å². The maximum atomic E-state index is 5.38. The highest BCUT2D eigenvalue weighted by molar-refractivity contribution is 5.44. The van der Waals surface area contributed by atoms with Crippen LogP contribution in [-0.2, 0) is 17.8 Å². The Labute approximate surface area is 131 Å². The van der Waals surface area contributed by atoms with Gasteiger partial charge in [0.1, 0.15) is 0 Å². The van der Waals surface area contributed by atoms with Crippen LogP contribution in [0, 0.1) is 0 Å². The van der Waals surface area contributed by atoms with Gasteiger partial charge in [-0.15, -0.1) is 0 Å². The zero-order chi connectivity index (χ0) is 15.0. The Bertz CT molecular complexity index is 532. The van der Waals surface area contributed by atoms with Crippen molar-refractivity contribution in [2.24, 2.45) is 0 Å². The summed E-state index contributed by atoms with van der Waals surface area (Å²) < 4.78 is 7.49. The van der Waals surface area contributed by atoms with E-state index in [1.54, 1.807) is 0 Å². The van der Waals surface area contributed by atoms with Crippen LogP contribution in [0.1, 0.15) is 12.0 Å². The normalized spacial score (nSPS) is 15.8. The second-order valence-corrected chi connectivity index (χ2v) is 5.67. The zero-order valence-corrected chi connectivity index (χ0v) is 12.9. The van der Waals surface area contributed by atoms with Crippen LogP contribution in [0.15, 0.2) is 43.0 Å². The van der Waals surface area contributed by atoms with Crippen LogP contribution in [0.4, 0.5) is 5.69 Å². The summed E-state index contributed by atoms with van der Waals surface area (Å²) in [6.07, 6.45) is 6.77. The SMILES string of the molecule is c1cn(CCCNc2ccc(CN3CCOCC3)cc2)cn1. The number of hydrogen-bond donors (Lipinski definition) is 1. The first-order valence-corrected chi connectivity index (χ1v) is 7.99. The predicted molar refractivity (Wildman–Crippen MR) is 87.9 cm³/mol. The summed E-state index contributed by atoms with van der Waals surface area (Å²) in [7, 11) is 0. The number of nitrogens with one attached hydrogen (secondary N) is 1. The smallest absolute Gasteiger partial charge is 0.0945 e. The fourth-order valence-corrected chi connectivity index (χ4v) is 2.66. The minimum Gasteiger partial charge on any atom is -0.385 e. The molecule has 3 rings (SSSR count). The van der Waals surface area contributed by atoms with E-state index in [2.05, 4.69) is 44.0 Å². The van der Waals surface area contributed by atoms with Crippen molar-refractivity contribution in [2.75, 3.05) is 38.2 Å². The van der Waals surface area contributed by atoms with Gasteiger partial charge in [-0.25, -0.2) is 4.98 Å². The number of benzene rings is 1. The molecule has 2 heterocycles. The van der Waals surface area contributed by atoms with Gasteiger partial charge in [-0.1, -0.05) is 12.1 Å². The fraction of sp³-hybridized carbons (Fsp3) is 0.471. The highest BCUT2D eigenvalue weighted by Gasteiger charge is 2.10. The van der Waals surface area contributed by atoms with Crippen LogP contribution >= 0.6 is 0 Å². The average molecular weight is 300 g/mol. The molecule has 1 fully saturated rings. The molecule has 1 aliphatic rings. The lowest BCUT2D eigenvalue weighted by atomic mass is 10.2. The lowest BCUT2D eigenvalue weighted by molar-refractivity contribution is 0.0342. The summed E-state index contributed by atoms with van der Waals surface area (Å²) >= 11 is 0. The van der Waals surface area contributed by atoms with E-state index in [1.165, 1.54) is 11.3 Å². The van der Waals surface area contributed by atoms with Crippen molar-refractivity contribution < 1.29 is 4.74 Å². The first kappa shape index (κ1) is 15.1. The largest absolute Gasteiger partial charge is 0.385 e. The second-order valence-electron chi connectivity index (χ2n) is 5.67. The molecule has 0 bridgehead atoms. The van der Waals surface area contributed by atoms with E-state index in [1.807, 2.05) is 18.7 Å². The summed E-state index contributed by atoms with van der Waals surface area (Å²) in [5, 5.41) is 3.47. The number of morpholine rings is 1. The van der Waals surface area contributed by atoms with Crippen molar-refractivity contribution in [2.45, 2.75) is 19.5 Å². The predicted octanol–water partition coefficient (Wildman–Crippen LogP) is 2.22. The molecule has 0 spiro atoms. The van der Waals surface area contributed by atoms with Gasteiger partial charge in [-0.3, -0.25) is 4.90 Å². The minimum absolute atomic E-state index is 0.858. The Morgan fingerprint density at radius 2 is 1.95 bits per heavy atom. The number of nitrogens with zero attached hydrogens (tertiary/aromatic N) is 3. The molecular weight excluding hydrogens is 276 g/mol. The third-order valence-electron chi connectivity index (χ3n) is 3.95. The van der Waals surface area contributed by atoms with Crippen LogP contribution in [0.3, 0.4) is 0 Å². The van der Waals surface area contributed by atoms with Crippen molar-refractivity contribution in [3.05, 3.63) is 48.5 Å². The fourth-order valence-electron chi connectivity index (χ4n) is 2.66. The molecular formula is C17H24N4O. The topological polar surface area (TPSA) is 42.3 Å². The molecule has 1 saturated heterocycles. The Morgan fingerprint density at radius 3 is 2.68 bits per heavy atom. The quantitative estimate of drug-likeness (QED) is 0.796. The Morgan fingerprint density at radius 1 is 1.14 bits per heavy atom. The molecule has 0 atom stereocenters. The first-order valence-electron chi connectivity index (χ1n) is 7.99. The molecule has 118 valence electrons. The Kier molecular flexibility index (Phi) is 5.45. The third-order valence-corrected chi connectivity index (χ3v) is 3.95. The van der Waals surface area contributed by atoms with E-state index < -0.39 is 0 Å². The zero-order valence-electron chi connectivity index (χ0n) is 12.9. The van der Waals surface area contributed by atoms with Crippen LogP contribution in [0.2, 0.25) is 0 Å². The van der Waals surface area contributed by atoms with Crippen molar-refractivity contribution in [1.29, 1.82) is 0 Å². The molecule has 1 N–H and O–H groups in total. The van der Waals surface area contributed by atoms with Crippen LogP contribution in [-0.4, -0.2) is 47.3 Å². The molecule has 5 nitrogen and oxygen atoms in total. The van der Waals surface area contributed by atoms with Gasteiger partial charge in [0.15, 0.2) is 0 Å². The van der Waals surface area contributed by atoms with Gasteiger partial charge in [0.2, 0.25) is 0 Å². The molecule has 0 unspecified atom stereocenters. The summed E-state index contributed by atoms with van der Waals surface area (Å²) in [5.41, 5.74) is 2.56. The number of hydrogen-bond acceptors (Lipinski definition) is 4. The molecule has 0 radical (unpaired) electrons. The number of ether oxygens (including phenoxy) is 1. The molecule has 0 aliphatic carbocycles. The van der Waals surface area contributed by atoms with E-state index in [9.17, 15) is 0 Å². The molecule has 5 heteroatoms.